The molecule has 86 valence electrons. The third kappa shape index (κ3) is 3.11. The Hall–Kier alpha value is -0.220. The Morgan fingerprint density at radius 2 is 2.33 bits per heavy atom. The Balaban J connectivity index is 1.84. The number of thioether (sulfide) groups is 1. The van der Waals surface area contributed by atoms with Gasteiger partial charge in [-0.15, -0.1) is 0 Å². The Bertz CT molecular complexity index is 265. The van der Waals surface area contributed by atoms with Crippen LogP contribution in [0.3, 0.4) is 0 Å². The van der Waals surface area contributed by atoms with Gasteiger partial charge in [-0.05, 0) is 26.7 Å². The summed E-state index contributed by atoms with van der Waals surface area (Å²) in [7, 11) is 0. The maximum Gasteiger partial charge on any atom is 0.157 e. The first kappa shape index (κ1) is 11.3. The zero-order chi connectivity index (χ0) is 10.9. The number of nitrogens with zero attached hydrogens (tertiary/aromatic N) is 1. The quantitative estimate of drug-likeness (QED) is 0.745. The van der Waals surface area contributed by atoms with Gasteiger partial charge in [0.05, 0.1) is 12.1 Å². The summed E-state index contributed by atoms with van der Waals surface area (Å²) in [5.74, 6) is 0. The van der Waals surface area contributed by atoms with E-state index in [1.165, 1.54) is 0 Å². The fourth-order valence-corrected chi connectivity index (χ4v) is 3.00. The molecule has 0 aliphatic carbocycles. The van der Waals surface area contributed by atoms with Crippen LogP contribution in [-0.4, -0.2) is 35.2 Å². The highest BCUT2D eigenvalue weighted by atomic mass is 32.2. The van der Waals surface area contributed by atoms with E-state index >= 15 is 0 Å². The summed E-state index contributed by atoms with van der Waals surface area (Å²) < 4.78 is 5.69. The molecule has 2 unspecified atom stereocenters. The maximum atomic E-state index is 5.69. The molecule has 0 radical (unpaired) electrons. The van der Waals surface area contributed by atoms with Crippen LogP contribution in [0.25, 0.3) is 0 Å². The first-order valence-corrected chi connectivity index (χ1v) is 6.55. The minimum absolute atomic E-state index is 0.0192. The lowest BCUT2D eigenvalue weighted by molar-refractivity contribution is -0.0603. The Morgan fingerprint density at radius 1 is 1.53 bits per heavy atom. The van der Waals surface area contributed by atoms with Gasteiger partial charge >= 0.3 is 0 Å². The summed E-state index contributed by atoms with van der Waals surface area (Å²) in [5, 5.41) is 5.31. The van der Waals surface area contributed by atoms with E-state index in [0.29, 0.717) is 11.3 Å². The van der Waals surface area contributed by atoms with Crippen LogP contribution in [0.2, 0.25) is 0 Å². The highest BCUT2D eigenvalue weighted by Gasteiger charge is 2.30. The number of hydrogen-bond acceptors (Lipinski definition) is 4. The van der Waals surface area contributed by atoms with E-state index in [1.54, 1.807) is 0 Å². The Labute approximate surface area is 96.1 Å². The minimum atomic E-state index is 0.0192. The number of amidine groups is 1. The molecule has 2 aliphatic rings. The van der Waals surface area contributed by atoms with Crippen LogP contribution in [0.5, 0.6) is 0 Å². The van der Waals surface area contributed by atoms with Crippen LogP contribution in [-0.2, 0) is 4.74 Å². The molecule has 2 heterocycles. The van der Waals surface area contributed by atoms with Gasteiger partial charge in [0.1, 0.15) is 0 Å². The summed E-state index contributed by atoms with van der Waals surface area (Å²) in [4.78, 5) is 4.49. The molecule has 2 atom stereocenters. The standard InChI is InChI=1S/C11H20N2OS/c1-8-7-12-10(15-8)13-9-4-5-14-11(2,3)6-9/h8-9H,4-7H2,1-3H3,(H,12,13). The average Bonchev–Trinajstić information content (AvgIpc) is 2.49. The number of nitrogens with one attached hydrogen (secondary N) is 1. The van der Waals surface area contributed by atoms with Crippen molar-refractivity contribution in [3.8, 4) is 0 Å². The van der Waals surface area contributed by atoms with E-state index in [2.05, 4.69) is 31.1 Å². The smallest absolute Gasteiger partial charge is 0.157 e. The highest BCUT2D eigenvalue weighted by Crippen LogP contribution is 2.26. The minimum Gasteiger partial charge on any atom is -0.375 e. The van der Waals surface area contributed by atoms with E-state index in [0.717, 1.165) is 31.2 Å². The Morgan fingerprint density at radius 3 is 2.93 bits per heavy atom. The highest BCUT2D eigenvalue weighted by molar-refractivity contribution is 8.14. The molecule has 15 heavy (non-hydrogen) atoms. The second-order valence-corrected chi connectivity index (χ2v) is 6.44. The molecule has 0 saturated carbocycles. The van der Waals surface area contributed by atoms with Gasteiger partial charge in [-0.25, -0.2) is 0 Å². The summed E-state index contributed by atoms with van der Waals surface area (Å²) in [6.07, 6.45) is 2.17. The molecular formula is C11H20N2OS. The lowest BCUT2D eigenvalue weighted by Gasteiger charge is -2.36. The second-order valence-electron chi connectivity index (χ2n) is 5.02. The van der Waals surface area contributed by atoms with E-state index in [9.17, 15) is 0 Å². The van der Waals surface area contributed by atoms with Gasteiger partial charge < -0.3 is 10.1 Å². The number of ether oxygens (including phenoxy) is 1. The largest absolute Gasteiger partial charge is 0.375 e. The summed E-state index contributed by atoms with van der Waals surface area (Å²) in [6.45, 7) is 8.36. The predicted molar refractivity (Wildman–Crippen MR) is 65.5 cm³/mol. The van der Waals surface area contributed by atoms with Gasteiger partial charge in [0.15, 0.2) is 5.17 Å². The topological polar surface area (TPSA) is 33.6 Å². The van der Waals surface area contributed by atoms with Gasteiger partial charge in [0, 0.05) is 17.9 Å². The van der Waals surface area contributed by atoms with E-state index in [1.807, 2.05) is 11.8 Å². The van der Waals surface area contributed by atoms with Gasteiger partial charge in [0.25, 0.3) is 0 Å². The lowest BCUT2D eigenvalue weighted by Crippen LogP contribution is -2.45. The SMILES string of the molecule is CC1CN=C(NC2CCOC(C)(C)C2)S1. The van der Waals surface area contributed by atoms with Crippen LogP contribution in [0.1, 0.15) is 33.6 Å². The molecule has 4 heteroatoms. The van der Waals surface area contributed by atoms with Gasteiger partial charge in [-0.2, -0.15) is 0 Å². The normalized spacial score (nSPS) is 35.0. The van der Waals surface area contributed by atoms with Crippen molar-refractivity contribution in [3.05, 3.63) is 0 Å². The molecule has 1 N–H and O–H groups in total. The molecule has 0 amide bonds. The molecular weight excluding hydrogens is 208 g/mol. The summed E-state index contributed by atoms with van der Waals surface area (Å²) >= 11 is 1.86. The van der Waals surface area contributed by atoms with Crippen molar-refractivity contribution >= 4 is 16.9 Å². The lowest BCUT2D eigenvalue weighted by atomic mass is 9.94. The molecule has 2 rings (SSSR count). The van der Waals surface area contributed by atoms with Crippen LogP contribution in [0, 0.1) is 0 Å². The zero-order valence-corrected chi connectivity index (χ0v) is 10.6. The molecule has 1 fully saturated rings. The number of rotatable bonds is 1. The first-order chi connectivity index (χ1) is 7.05. The maximum absolute atomic E-state index is 5.69. The van der Waals surface area contributed by atoms with Crippen molar-refractivity contribution in [1.82, 2.24) is 5.32 Å². The molecule has 2 aliphatic heterocycles. The van der Waals surface area contributed by atoms with Gasteiger partial charge in [-0.3, -0.25) is 4.99 Å². The van der Waals surface area contributed by atoms with Crippen molar-refractivity contribution in [3.63, 3.8) is 0 Å². The molecule has 0 aromatic rings. The second kappa shape index (κ2) is 4.34. The molecule has 0 spiro atoms. The van der Waals surface area contributed by atoms with E-state index in [-0.39, 0.29) is 5.60 Å². The van der Waals surface area contributed by atoms with Crippen molar-refractivity contribution in [2.45, 2.75) is 50.5 Å². The van der Waals surface area contributed by atoms with Crippen LogP contribution >= 0.6 is 11.8 Å². The van der Waals surface area contributed by atoms with E-state index in [4.69, 9.17) is 4.74 Å². The third-order valence-corrected chi connectivity index (χ3v) is 3.85. The molecule has 0 bridgehead atoms. The molecule has 1 saturated heterocycles. The zero-order valence-electron chi connectivity index (χ0n) is 9.75. The van der Waals surface area contributed by atoms with Crippen LogP contribution in [0.15, 0.2) is 4.99 Å². The fourth-order valence-electron chi connectivity index (χ4n) is 2.09. The van der Waals surface area contributed by atoms with Crippen LogP contribution < -0.4 is 5.32 Å². The fraction of sp³-hybridized carbons (Fsp3) is 0.909. The van der Waals surface area contributed by atoms with Gasteiger partial charge in [-0.1, -0.05) is 18.7 Å². The molecule has 0 aromatic heterocycles. The van der Waals surface area contributed by atoms with Crippen LogP contribution in [0.4, 0.5) is 0 Å². The number of hydrogen-bond donors (Lipinski definition) is 1. The monoisotopic (exact) mass is 228 g/mol. The van der Waals surface area contributed by atoms with Gasteiger partial charge in [0.2, 0.25) is 0 Å². The van der Waals surface area contributed by atoms with Crippen molar-refractivity contribution in [2.75, 3.05) is 13.2 Å². The summed E-state index contributed by atoms with van der Waals surface area (Å²) in [5.41, 5.74) is 0.0192. The number of aliphatic imine (C=N–C) groups is 1. The average molecular weight is 228 g/mol. The van der Waals surface area contributed by atoms with Crippen molar-refractivity contribution < 1.29 is 4.74 Å². The third-order valence-electron chi connectivity index (χ3n) is 2.83. The summed E-state index contributed by atoms with van der Waals surface area (Å²) in [6, 6.07) is 0.533. The molecule has 3 nitrogen and oxygen atoms in total. The van der Waals surface area contributed by atoms with Crippen molar-refractivity contribution in [1.29, 1.82) is 0 Å². The first-order valence-electron chi connectivity index (χ1n) is 5.67. The van der Waals surface area contributed by atoms with E-state index < -0.39 is 0 Å². The predicted octanol–water partition coefficient (Wildman–Crippen LogP) is 2.02. The molecule has 0 aromatic carbocycles. The van der Waals surface area contributed by atoms with Crippen molar-refractivity contribution in [2.24, 2.45) is 4.99 Å². The Kier molecular flexibility index (Phi) is 3.26.